The van der Waals surface area contributed by atoms with E-state index in [1.54, 1.807) is 12.4 Å². The number of carbonyl (C=O) groups is 1. The van der Waals surface area contributed by atoms with Gasteiger partial charge in [0.25, 0.3) is 0 Å². The molecule has 0 aliphatic rings. The average Bonchev–Trinajstić information content (AvgIpc) is 2.41. The zero-order valence-corrected chi connectivity index (χ0v) is 11.1. The molecule has 104 valence electrons. The molecule has 2 rings (SSSR count). The number of aromatic nitrogens is 2. The van der Waals surface area contributed by atoms with Gasteiger partial charge in [0.1, 0.15) is 0 Å². The molecule has 4 N–H and O–H groups in total. The largest absolute Gasteiger partial charge is 0.481 e. The van der Waals surface area contributed by atoms with Crippen LogP contribution in [-0.4, -0.2) is 21.0 Å². The standard InChI is InChI=1S/C14H16N4O2/c1-9-4-2-3-5-12(9)18-14-16-7-10(8-17-14)11(15)6-13(19)20/h2-5,7-8,11H,6,15H2,1H3,(H,19,20)(H,16,17,18)/t11-/m1/s1. The van der Waals surface area contributed by atoms with Crippen molar-refractivity contribution in [3.63, 3.8) is 0 Å². The van der Waals surface area contributed by atoms with Crippen molar-refractivity contribution in [3.05, 3.63) is 47.8 Å². The maximum Gasteiger partial charge on any atom is 0.305 e. The molecule has 20 heavy (non-hydrogen) atoms. The molecule has 1 aromatic heterocycles. The normalized spacial score (nSPS) is 11.9. The molecule has 0 aliphatic heterocycles. The summed E-state index contributed by atoms with van der Waals surface area (Å²) in [5.41, 5.74) is 8.35. The van der Waals surface area contributed by atoms with Crippen LogP contribution in [-0.2, 0) is 4.79 Å². The monoisotopic (exact) mass is 272 g/mol. The summed E-state index contributed by atoms with van der Waals surface area (Å²) < 4.78 is 0. The summed E-state index contributed by atoms with van der Waals surface area (Å²) in [6, 6.07) is 7.20. The molecule has 0 saturated carbocycles. The van der Waals surface area contributed by atoms with E-state index in [-0.39, 0.29) is 6.42 Å². The third-order valence-electron chi connectivity index (χ3n) is 2.89. The van der Waals surface area contributed by atoms with Gasteiger partial charge in [-0.3, -0.25) is 4.79 Å². The molecule has 1 aromatic carbocycles. The maximum absolute atomic E-state index is 10.6. The zero-order chi connectivity index (χ0) is 14.5. The van der Waals surface area contributed by atoms with E-state index < -0.39 is 12.0 Å². The van der Waals surface area contributed by atoms with Gasteiger partial charge in [0.2, 0.25) is 5.95 Å². The molecule has 0 radical (unpaired) electrons. The number of nitrogens with zero attached hydrogens (tertiary/aromatic N) is 2. The number of rotatable bonds is 5. The van der Waals surface area contributed by atoms with Gasteiger partial charge in [-0.05, 0) is 18.6 Å². The number of nitrogens with two attached hydrogens (primary N) is 1. The lowest BCUT2D eigenvalue weighted by molar-refractivity contribution is -0.137. The van der Waals surface area contributed by atoms with Crippen LogP contribution >= 0.6 is 0 Å². The minimum Gasteiger partial charge on any atom is -0.481 e. The summed E-state index contributed by atoms with van der Waals surface area (Å²) in [7, 11) is 0. The molecular formula is C14H16N4O2. The number of aryl methyl sites for hydroxylation is 1. The number of anilines is 2. The van der Waals surface area contributed by atoms with E-state index in [2.05, 4.69) is 15.3 Å². The molecule has 0 unspecified atom stereocenters. The van der Waals surface area contributed by atoms with E-state index in [0.29, 0.717) is 11.5 Å². The number of hydrogen-bond donors (Lipinski definition) is 3. The third kappa shape index (κ3) is 3.52. The van der Waals surface area contributed by atoms with Crippen LogP contribution in [0.4, 0.5) is 11.6 Å². The molecule has 0 saturated heterocycles. The SMILES string of the molecule is Cc1ccccc1Nc1ncc([C@H](N)CC(=O)O)cn1. The van der Waals surface area contributed by atoms with Gasteiger partial charge >= 0.3 is 5.97 Å². The van der Waals surface area contributed by atoms with E-state index in [0.717, 1.165) is 11.3 Å². The highest BCUT2D eigenvalue weighted by molar-refractivity contribution is 5.67. The van der Waals surface area contributed by atoms with Gasteiger partial charge in [-0.2, -0.15) is 0 Å². The Balaban J connectivity index is 2.09. The van der Waals surface area contributed by atoms with Crippen molar-refractivity contribution in [3.8, 4) is 0 Å². The molecule has 0 bridgehead atoms. The zero-order valence-electron chi connectivity index (χ0n) is 11.1. The summed E-state index contributed by atoms with van der Waals surface area (Å²) in [5, 5.41) is 11.8. The lowest BCUT2D eigenvalue weighted by Gasteiger charge is -2.10. The lowest BCUT2D eigenvalue weighted by atomic mass is 10.1. The van der Waals surface area contributed by atoms with Crippen molar-refractivity contribution in [2.24, 2.45) is 5.73 Å². The lowest BCUT2D eigenvalue weighted by Crippen LogP contribution is -2.15. The summed E-state index contributed by atoms with van der Waals surface area (Å²) >= 11 is 0. The summed E-state index contributed by atoms with van der Waals surface area (Å²) in [4.78, 5) is 18.9. The molecule has 0 aliphatic carbocycles. The number of para-hydroxylation sites is 1. The van der Waals surface area contributed by atoms with Crippen molar-refractivity contribution >= 4 is 17.6 Å². The van der Waals surface area contributed by atoms with E-state index in [9.17, 15) is 4.79 Å². The van der Waals surface area contributed by atoms with Crippen LogP contribution in [0.5, 0.6) is 0 Å². The topological polar surface area (TPSA) is 101 Å². The Labute approximate surface area is 116 Å². The Morgan fingerprint density at radius 1 is 1.35 bits per heavy atom. The molecule has 0 spiro atoms. The molecule has 1 atom stereocenters. The van der Waals surface area contributed by atoms with Crippen LogP contribution in [0.1, 0.15) is 23.6 Å². The van der Waals surface area contributed by atoms with Gasteiger partial charge < -0.3 is 16.2 Å². The molecule has 1 heterocycles. The van der Waals surface area contributed by atoms with Crippen LogP contribution in [0, 0.1) is 6.92 Å². The first-order valence-electron chi connectivity index (χ1n) is 6.18. The van der Waals surface area contributed by atoms with Crippen LogP contribution in [0.2, 0.25) is 0 Å². The van der Waals surface area contributed by atoms with E-state index in [1.807, 2.05) is 31.2 Å². The van der Waals surface area contributed by atoms with Gasteiger partial charge in [-0.1, -0.05) is 18.2 Å². The smallest absolute Gasteiger partial charge is 0.305 e. The Hall–Kier alpha value is -2.47. The van der Waals surface area contributed by atoms with E-state index in [1.165, 1.54) is 0 Å². The minimum absolute atomic E-state index is 0.145. The van der Waals surface area contributed by atoms with Crippen molar-refractivity contribution in [2.45, 2.75) is 19.4 Å². The molecule has 2 aromatic rings. The third-order valence-corrected chi connectivity index (χ3v) is 2.89. The first-order chi connectivity index (χ1) is 9.56. The highest BCUT2D eigenvalue weighted by Crippen LogP contribution is 2.18. The average molecular weight is 272 g/mol. The predicted molar refractivity (Wildman–Crippen MR) is 75.7 cm³/mol. The van der Waals surface area contributed by atoms with Crippen LogP contribution < -0.4 is 11.1 Å². The van der Waals surface area contributed by atoms with Crippen molar-refractivity contribution in [1.29, 1.82) is 0 Å². The second-order valence-corrected chi connectivity index (χ2v) is 4.48. The number of nitrogens with one attached hydrogen (secondary N) is 1. The van der Waals surface area contributed by atoms with Crippen LogP contribution in [0.25, 0.3) is 0 Å². The number of benzene rings is 1. The Kier molecular flexibility index (Phi) is 4.27. The number of carboxylic acids is 1. The predicted octanol–water partition coefficient (Wildman–Crippen LogP) is 2.00. The second kappa shape index (κ2) is 6.12. The maximum atomic E-state index is 10.6. The summed E-state index contributed by atoms with van der Waals surface area (Å²) in [6.45, 7) is 1.99. The minimum atomic E-state index is -0.945. The fourth-order valence-corrected chi connectivity index (χ4v) is 1.73. The van der Waals surface area contributed by atoms with Crippen LogP contribution in [0.15, 0.2) is 36.7 Å². The van der Waals surface area contributed by atoms with Crippen molar-refractivity contribution in [1.82, 2.24) is 9.97 Å². The Morgan fingerprint density at radius 2 is 2.00 bits per heavy atom. The highest BCUT2D eigenvalue weighted by Gasteiger charge is 2.11. The van der Waals surface area contributed by atoms with Crippen LogP contribution in [0.3, 0.4) is 0 Å². The molecule has 0 amide bonds. The second-order valence-electron chi connectivity index (χ2n) is 4.48. The van der Waals surface area contributed by atoms with E-state index >= 15 is 0 Å². The Morgan fingerprint density at radius 3 is 2.60 bits per heavy atom. The molecule has 0 fully saturated rings. The number of hydrogen-bond acceptors (Lipinski definition) is 5. The van der Waals surface area contributed by atoms with Crippen molar-refractivity contribution in [2.75, 3.05) is 5.32 Å². The highest BCUT2D eigenvalue weighted by atomic mass is 16.4. The van der Waals surface area contributed by atoms with E-state index in [4.69, 9.17) is 10.8 Å². The number of aliphatic carboxylic acids is 1. The van der Waals surface area contributed by atoms with Gasteiger partial charge in [-0.15, -0.1) is 0 Å². The van der Waals surface area contributed by atoms with Gasteiger partial charge in [-0.25, -0.2) is 9.97 Å². The molecule has 6 nitrogen and oxygen atoms in total. The fraction of sp³-hybridized carbons (Fsp3) is 0.214. The first-order valence-corrected chi connectivity index (χ1v) is 6.18. The van der Waals surface area contributed by atoms with Crippen molar-refractivity contribution < 1.29 is 9.90 Å². The number of carboxylic acid groups (broad SMARTS) is 1. The molecule has 6 heteroatoms. The van der Waals surface area contributed by atoms with Gasteiger partial charge in [0.15, 0.2) is 0 Å². The van der Waals surface area contributed by atoms with Gasteiger partial charge in [0.05, 0.1) is 6.42 Å². The summed E-state index contributed by atoms with van der Waals surface area (Å²) in [5.74, 6) is -0.495. The quantitative estimate of drug-likeness (QED) is 0.769. The molecular weight excluding hydrogens is 256 g/mol. The fourth-order valence-electron chi connectivity index (χ4n) is 1.73. The Bertz CT molecular complexity index is 598. The van der Waals surface area contributed by atoms with Gasteiger partial charge in [0, 0.05) is 29.7 Å². The summed E-state index contributed by atoms with van der Waals surface area (Å²) in [6.07, 6.45) is 2.94. The first kappa shape index (κ1) is 14.0.